The lowest BCUT2D eigenvalue weighted by atomic mass is 9.82. The summed E-state index contributed by atoms with van der Waals surface area (Å²) in [5, 5.41) is 9.62. The molecule has 2 heterocycles. The highest BCUT2D eigenvalue weighted by Crippen LogP contribution is 2.42. The second-order valence-corrected chi connectivity index (χ2v) is 7.85. The van der Waals surface area contributed by atoms with Gasteiger partial charge >= 0.3 is 0 Å². The summed E-state index contributed by atoms with van der Waals surface area (Å²) in [4.78, 5) is -0.00326. The number of hydrogen-bond acceptors (Lipinski definition) is 4. The predicted octanol–water partition coefficient (Wildman–Crippen LogP) is 0.764. The second kappa shape index (κ2) is 5.01. The van der Waals surface area contributed by atoms with Crippen molar-refractivity contribution >= 4 is 10.0 Å². The van der Waals surface area contributed by atoms with Crippen LogP contribution >= 0.6 is 0 Å². The van der Waals surface area contributed by atoms with Crippen molar-refractivity contribution in [2.75, 3.05) is 32.9 Å². The monoisotopic (exact) mass is 315 g/mol. The molecule has 0 radical (unpaired) electrons. The molecular formula is C14H18FNO4S. The molecule has 1 aromatic rings. The van der Waals surface area contributed by atoms with Crippen molar-refractivity contribution in [3.63, 3.8) is 0 Å². The largest absolute Gasteiger partial charge is 0.396 e. The molecule has 2 saturated heterocycles. The number of aliphatic hydroxyl groups excluding tert-OH is 1. The molecule has 2 fully saturated rings. The first-order chi connectivity index (χ1) is 9.89. The van der Waals surface area contributed by atoms with Crippen LogP contribution in [-0.2, 0) is 14.8 Å². The minimum Gasteiger partial charge on any atom is -0.396 e. The smallest absolute Gasteiger partial charge is 0.243 e. The molecule has 5 nitrogen and oxygen atoms in total. The Labute approximate surface area is 123 Å². The molecule has 0 aliphatic carbocycles. The molecule has 1 aromatic carbocycles. The number of aryl methyl sites for hydroxylation is 1. The number of aliphatic hydroxyl groups is 1. The fourth-order valence-corrected chi connectivity index (χ4v) is 5.00. The van der Waals surface area contributed by atoms with Crippen LogP contribution in [0.5, 0.6) is 0 Å². The summed E-state index contributed by atoms with van der Waals surface area (Å²) in [5.74, 6) is -0.579. The lowest BCUT2D eigenvalue weighted by Gasteiger charge is -2.24. The van der Waals surface area contributed by atoms with E-state index in [-0.39, 0.29) is 24.0 Å². The van der Waals surface area contributed by atoms with Crippen LogP contribution in [0.25, 0.3) is 0 Å². The standard InChI is InChI=1S/C14H18FNO4S/c1-10-2-3-12(15)4-13(10)21(18,19)16-5-11-6-20-9-14(11,7-16)8-17/h2-4,11,17H,5-9H2,1H3/t11-,14-/m0/s1. The lowest BCUT2D eigenvalue weighted by Crippen LogP contribution is -2.36. The minimum absolute atomic E-state index is 0.00326. The van der Waals surface area contributed by atoms with Gasteiger partial charge in [0.25, 0.3) is 0 Å². The summed E-state index contributed by atoms with van der Waals surface area (Å²) in [5.41, 5.74) is -0.00310. The maximum absolute atomic E-state index is 13.4. The highest BCUT2D eigenvalue weighted by molar-refractivity contribution is 7.89. The summed E-state index contributed by atoms with van der Waals surface area (Å²) in [6.07, 6.45) is 0. The first-order valence-electron chi connectivity index (χ1n) is 6.84. The van der Waals surface area contributed by atoms with E-state index in [0.717, 1.165) is 6.07 Å². The Kier molecular flexibility index (Phi) is 3.56. The van der Waals surface area contributed by atoms with Gasteiger partial charge in [0.2, 0.25) is 10.0 Å². The van der Waals surface area contributed by atoms with Gasteiger partial charge in [0.05, 0.1) is 24.7 Å². The molecule has 0 bridgehead atoms. The van der Waals surface area contributed by atoms with Gasteiger partial charge in [-0.1, -0.05) is 6.07 Å². The topological polar surface area (TPSA) is 66.8 Å². The van der Waals surface area contributed by atoms with Gasteiger partial charge in [0.15, 0.2) is 0 Å². The Hall–Kier alpha value is -1.02. The van der Waals surface area contributed by atoms with Gasteiger partial charge in [0.1, 0.15) is 5.82 Å². The van der Waals surface area contributed by atoms with E-state index < -0.39 is 21.3 Å². The molecule has 3 rings (SSSR count). The van der Waals surface area contributed by atoms with E-state index in [2.05, 4.69) is 0 Å². The summed E-state index contributed by atoms with van der Waals surface area (Å²) in [6.45, 7) is 2.88. The Morgan fingerprint density at radius 3 is 2.95 bits per heavy atom. The van der Waals surface area contributed by atoms with Crippen molar-refractivity contribution in [3.8, 4) is 0 Å². The number of nitrogens with zero attached hydrogens (tertiary/aromatic N) is 1. The van der Waals surface area contributed by atoms with E-state index in [4.69, 9.17) is 4.74 Å². The van der Waals surface area contributed by atoms with E-state index in [1.54, 1.807) is 6.92 Å². The fraction of sp³-hybridized carbons (Fsp3) is 0.571. The van der Waals surface area contributed by atoms with E-state index >= 15 is 0 Å². The van der Waals surface area contributed by atoms with Crippen molar-refractivity contribution in [3.05, 3.63) is 29.6 Å². The zero-order chi connectivity index (χ0) is 15.3. The Morgan fingerprint density at radius 2 is 2.29 bits per heavy atom. The predicted molar refractivity (Wildman–Crippen MR) is 73.7 cm³/mol. The number of benzene rings is 1. The van der Waals surface area contributed by atoms with Gasteiger partial charge in [-0.05, 0) is 24.6 Å². The summed E-state index contributed by atoms with van der Waals surface area (Å²) < 4.78 is 45.6. The number of hydrogen-bond donors (Lipinski definition) is 1. The number of ether oxygens (including phenoxy) is 1. The van der Waals surface area contributed by atoms with E-state index in [1.165, 1.54) is 16.4 Å². The van der Waals surface area contributed by atoms with Gasteiger partial charge in [-0.25, -0.2) is 12.8 Å². The highest BCUT2D eigenvalue weighted by Gasteiger charge is 2.53. The minimum atomic E-state index is -3.76. The van der Waals surface area contributed by atoms with Crippen LogP contribution in [0.2, 0.25) is 0 Å². The van der Waals surface area contributed by atoms with Crippen LogP contribution in [0.3, 0.4) is 0 Å². The van der Waals surface area contributed by atoms with E-state index in [1.807, 2.05) is 0 Å². The number of fused-ring (bicyclic) bond motifs is 1. The van der Waals surface area contributed by atoms with Crippen LogP contribution in [0.15, 0.2) is 23.1 Å². The molecule has 0 amide bonds. The molecule has 2 aliphatic heterocycles. The third-order valence-electron chi connectivity index (χ3n) is 4.57. The van der Waals surface area contributed by atoms with Crippen molar-refractivity contribution in [1.29, 1.82) is 0 Å². The fourth-order valence-electron chi connectivity index (χ4n) is 3.18. The number of rotatable bonds is 3. The second-order valence-electron chi connectivity index (χ2n) is 5.94. The van der Waals surface area contributed by atoms with Gasteiger partial charge in [0, 0.05) is 24.4 Å². The molecule has 1 N–H and O–H groups in total. The van der Waals surface area contributed by atoms with Crippen LogP contribution in [0.1, 0.15) is 5.56 Å². The Balaban J connectivity index is 1.95. The molecule has 7 heteroatoms. The van der Waals surface area contributed by atoms with Gasteiger partial charge in [-0.2, -0.15) is 4.31 Å². The van der Waals surface area contributed by atoms with E-state index in [9.17, 15) is 17.9 Å². The Bertz CT molecular complexity index is 663. The van der Waals surface area contributed by atoms with Gasteiger partial charge < -0.3 is 9.84 Å². The van der Waals surface area contributed by atoms with E-state index in [0.29, 0.717) is 25.3 Å². The van der Waals surface area contributed by atoms with Crippen LogP contribution < -0.4 is 0 Å². The third kappa shape index (κ3) is 2.28. The molecule has 0 unspecified atom stereocenters. The zero-order valence-corrected chi connectivity index (χ0v) is 12.6. The number of halogens is 1. The highest BCUT2D eigenvalue weighted by atomic mass is 32.2. The summed E-state index contributed by atoms with van der Waals surface area (Å²) >= 11 is 0. The first-order valence-corrected chi connectivity index (χ1v) is 8.28. The summed E-state index contributed by atoms with van der Waals surface area (Å²) in [6, 6.07) is 3.76. The summed E-state index contributed by atoms with van der Waals surface area (Å²) in [7, 11) is -3.76. The SMILES string of the molecule is Cc1ccc(F)cc1S(=O)(=O)N1C[C@H]2COC[C@@]2(CO)C1. The molecule has 2 atom stereocenters. The average molecular weight is 315 g/mol. The van der Waals surface area contributed by atoms with Crippen LogP contribution in [0, 0.1) is 24.1 Å². The van der Waals surface area contributed by atoms with Gasteiger partial charge in [-0.15, -0.1) is 0 Å². The van der Waals surface area contributed by atoms with Crippen molar-refractivity contribution in [2.24, 2.45) is 11.3 Å². The molecule has 0 saturated carbocycles. The quantitative estimate of drug-likeness (QED) is 0.894. The average Bonchev–Trinajstić information content (AvgIpc) is 2.98. The first kappa shape index (κ1) is 14.9. The normalized spacial score (nSPS) is 29.8. The van der Waals surface area contributed by atoms with Crippen molar-refractivity contribution < 1.29 is 22.7 Å². The molecule has 116 valence electrons. The van der Waals surface area contributed by atoms with Crippen molar-refractivity contribution in [1.82, 2.24) is 4.31 Å². The maximum Gasteiger partial charge on any atom is 0.243 e. The molecule has 2 aliphatic rings. The Morgan fingerprint density at radius 1 is 1.52 bits per heavy atom. The molecule has 0 spiro atoms. The van der Waals surface area contributed by atoms with Crippen molar-refractivity contribution in [2.45, 2.75) is 11.8 Å². The molecule has 21 heavy (non-hydrogen) atoms. The van der Waals surface area contributed by atoms with Crippen LogP contribution in [-0.4, -0.2) is 50.7 Å². The third-order valence-corrected chi connectivity index (χ3v) is 6.53. The lowest BCUT2D eigenvalue weighted by molar-refractivity contribution is 0.0905. The molecular weight excluding hydrogens is 297 g/mol. The number of sulfonamides is 1. The zero-order valence-electron chi connectivity index (χ0n) is 11.8. The molecule has 0 aromatic heterocycles. The van der Waals surface area contributed by atoms with Gasteiger partial charge in [-0.3, -0.25) is 0 Å². The van der Waals surface area contributed by atoms with Crippen LogP contribution in [0.4, 0.5) is 4.39 Å². The maximum atomic E-state index is 13.4.